The Morgan fingerprint density at radius 3 is 2.27 bits per heavy atom. The van der Waals surface area contributed by atoms with Crippen molar-refractivity contribution in [2.45, 2.75) is 199 Å². The summed E-state index contributed by atoms with van der Waals surface area (Å²) in [4.78, 5) is 52.0. The van der Waals surface area contributed by atoms with E-state index < -0.39 is 98.6 Å². The second-order valence-corrected chi connectivity index (χ2v) is 21.7. The summed E-state index contributed by atoms with van der Waals surface area (Å²) in [6.45, 7) is 9.87. The van der Waals surface area contributed by atoms with E-state index >= 15 is 0 Å². The molecule has 5 rings (SSSR count). The number of aliphatic hydroxyl groups is 8. The molecule has 67 heavy (non-hydrogen) atoms. The van der Waals surface area contributed by atoms with E-state index in [1.165, 1.54) is 57.6 Å². The molecule has 10 N–H and O–H groups in total. The highest BCUT2D eigenvalue weighted by Gasteiger charge is 2.59. The van der Waals surface area contributed by atoms with Crippen molar-refractivity contribution in [2.24, 2.45) is 52.3 Å². The van der Waals surface area contributed by atoms with Crippen LogP contribution in [-0.2, 0) is 33.4 Å². The molecular formula is C50H84N2O15. The van der Waals surface area contributed by atoms with E-state index in [-0.39, 0.29) is 23.7 Å². The second-order valence-electron chi connectivity index (χ2n) is 21.7. The van der Waals surface area contributed by atoms with Crippen LogP contribution in [0.15, 0.2) is 11.6 Å². The number of fused-ring (bicyclic) bond motifs is 5. The molecule has 384 valence electrons. The molecule has 0 spiro atoms. The number of hydrogen-bond acceptors (Lipinski definition) is 15. The first-order valence-corrected chi connectivity index (χ1v) is 25.2. The zero-order valence-electron chi connectivity index (χ0n) is 40.8. The summed E-state index contributed by atoms with van der Waals surface area (Å²) in [5.74, 6) is 1.89. The van der Waals surface area contributed by atoms with E-state index in [0.717, 1.165) is 42.9 Å². The third-order valence-corrected chi connectivity index (χ3v) is 17.0. The van der Waals surface area contributed by atoms with Crippen LogP contribution in [0.1, 0.15) is 137 Å². The van der Waals surface area contributed by atoms with E-state index in [0.29, 0.717) is 49.4 Å². The maximum atomic E-state index is 13.8. The predicted octanol–water partition coefficient (Wildman–Crippen LogP) is 2.20. The first kappa shape index (κ1) is 55.3. The number of Topliss-reactive ketones (excluding diaryl/α,β-unsaturated/α-hetero) is 1. The van der Waals surface area contributed by atoms with Gasteiger partial charge in [-0.3, -0.25) is 14.4 Å². The molecule has 17 nitrogen and oxygen atoms in total. The standard InChI is InChI=1S/C50H84N2O15/c1-27(2)11-10-12-28(3)33-17-18-34-32-16-15-30-23-29(19-21-49(30,4)35(32)20-22-50(33,34)5)45(62)52-36(47(64)65-6)14-9-7-8-13-31(55)24-51-46(63)42(60)41(59)44(37(56)25-53)67-48-43(61)40(58)39(57)38(26-54)66-48/h15,27-29,32-44,48,53-54,56-61H,7-14,16-26H2,1-6H3,(H,51,63)(H,52,62)/t28-,29?,32+,33-,34+,35+,36?,37?,38?,39?,40?,41?,42?,43?,44?,48?,49+,50-/m1/s1. The molecule has 0 aromatic carbocycles. The fourth-order valence-electron chi connectivity index (χ4n) is 13.0. The van der Waals surface area contributed by atoms with Crippen molar-refractivity contribution in [2.75, 3.05) is 26.9 Å². The van der Waals surface area contributed by atoms with E-state index in [2.05, 4.69) is 51.3 Å². The van der Waals surface area contributed by atoms with Gasteiger partial charge in [-0.1, -0.05) is 78.4 Å². The molecule has 2 amide bonds. The molecule has 1 saturated heterocycles. The summed E-state index contributed by atoms with van der Waals surface area (Å²) in [6.07, 6.45) is -0.290. The maximum absolute atomic E-state index is 13.8. The van der Waals surface area contributed by atoms with Gasteiger partial charge in [0, 0.05) is 12.3 Å². The van der Waals surface area contributed by atoms with Crippen molar-refractivity contribution in [3.63, 3.8) is 0 Å². The van der Waals surface area contributed by atoms with Gasteiger partial charge in [-0.15, -0.1) is 0 Å². The van der Waals surface area contributed by atoms with E-state index in [1.807, 2.05) is 0 Å². The van der Waals surface area contributed by atoms with Gasteiger partial charge in [-0.25, -0.2) is 4.79 Å². The summed E-state index contributed by atoms with van der Waals surface area (Å²) >= 11 is 0. The minimum absolute atomic E-state index is 0.0379. The van der Waals surface area contributed by atoms with Gasteiger partial charge in [0.1, 0.15) is 48.8 Å². The molecule has 11 unspecified atom stereocenters. The van der Waals surface area contributed by atoms with Crippen LogP contribution in [0.25, 0.3) is 0 Å². The van der Waals surface area contributed by atoms with Crippen molar-refractivity contribution in [1.29, 1.82) is 0 Å². The Balaban J connectivity index is 1.05. The summed E-state index contributed by atoms with van der Waals surface area (Å²) < 4.78 is 15.6. The molecule has 0 bridgehead atoms. The molecule has 18 atom stereocenters. The highest BCUT2D eigenvalue weighted by Crippen LogP contribution is 2.67. The number of methoxy groups -OCH3 is 1. The molecule has 1 heterocycles. The quantitative estimate of drug-likeness (QED) is 0.0377. The number of esters is 1. The van der Waals surface area contributed by atoms with Crippen LogP contribution in [0.2, 0.25) is 0 Å². The summed E-state index contributed by atoms with van der Waals surface area (Å²) in [5.41, 5.74) is 1.91. The maximum Gasteiger partial charge on any atom is 0.328 e. The molecule has 5 aliphatic rings. The number of carbonyl (C=O) groups excluding carboxylic acids is 4. The molecule has 0 radical (unpaired) electrons. The zero-order chi connectivity index (χ0) is 49.4. The topological polar surface area (TPSA) is 282 Å². The van der Waals surface area contributed by atoms with Gasteiger partial charge in [0.25, 0.3) is 5.91 Å². The number of carbonyl (C=O) groups is 4. The van der Waals surface area contributed by atoms with Crippen molar-refractivity contribution in [3.05, 3.63) is 11.6 Å². The van der Waals surface area contributed by atoms with E-state index in [4.69, 9.17) is 14.2 Å². The number of ketones is 1. The number of hydrogen-bond donors (Lipinski definition) is 10. The van der Waals surface area contributed by atoms with E-state index in [1.54, 1.807) is 0 Å². The van der Waals surface area contributed by atoms with Gasteiger partial charge in [0.05, 0.1) is 26.9 Å². The number of rotatable bonds is 24. The lowest BCUT2D eigenvalue weighted by atomic mass is 9.46. The Morgan fingerprint density at radius 1 is 0.866 bits per heavy atom. The van der Waals surface area contributed by atoms with Gasteiger partial charge in [-0.05, 0) is 111 Å². The van der Waals surface area contributed by atoms with Crippen LogP contribution >= 0.6 is 0 Å². The van der Waals surface area contributed by atoms with Crippen LogP contribution in [0, 0.1) is 52.3 Å². The Labute approximate surface area is 396 Å². The summed E-state index contributed by atoms with van der Waals surface area (Å²) in [7, 11) is 1.29. The van der Waals surface area contributed by atoms with Crippen molar-refractivity contribution in [1.82, 2.24) is 10.6 Å². The fraction of sp³-hybridized carbons (Fsp3) is 0.880. The number of ether oxygens (including phenoxy) is 3. The fourth-order valence-corrected chi connectivity index (χ4v) is 13.0. The highest BCUT2D eigenvalue weighted by atomic mass is 16.7. The molecule has 3 saturated carbocycles. The number of allylic oxidation sites excluding steroid dienone is 2. The van der Waals surface area contributed by atoms with Gasteiger partial charge < -0.3 is 65.7 Å². The van der Waals surface area contributed by atoms with Crippen molar-refractivity contribution in [3.8, 4) is 0 Å². The van der Waals surface area contributed by atoms with Crippen LogP contribution in [-0.4, -0.2) is 152 Å². The Morgan fingerprint density at radius 2 is 1.60 bits per heavy atom. The van der Waals surface area contributed by atoms with Crippen LogP contribution in [0.4, 0.5) is 0 Å². The molecular weight excluding hydrogens is 869 g/mol. The Hall–Kier alpha value is -2.58. The zero-order valence-corrected chi connectivity index (χ0v) is 40.8. The lowest BCUT2D eigenvalue weighted by molar-refractivity contribution is -0.326. The van der Waals surface area contributed by atoms with Crippen LogP contribution in [0.5, 0.6) is 0 Å². The second kappa shape index (κ2) is 24.5. The molecule has 0 aromatic heterocycles. The van der Waals surface area contributed by atoms with Crippen LogP contribution in [0.3, 0.4) is 0 Å². The first-order valence-electron chi connectivity index (χ1n) is 25.2. The van der Waals surface area contributed by atoms with Crippen molar-refractivity contribution >= 4 is 23.6 Å². The predicted molar refractivity (Wildman–Crippen MR) is 245 cm³/mol. The third-order valence-electron chi connectivity index (χ3n) is 17.0. The highest BCUT2D eigenvalue weighted by molar-refractivity contribution is 5.88. The first-order chi connectivity index (χ1) is 31.7. The van der Waals surface area contributed by atoms with Gasteiger partial charge >= 0.3 is 5.97 Å². The monoisotopic (exact) mass is 953 g/mol. The summed E-state index contributed by atoms with van der Waals surface area (Å²) in [5, 5.41) is 86.0. The van der Waals surface area contributed by atoms with E-state index in [9.17, 15) is 60.0 Å². The SMILES string of the molecule is COC(=O)C(CCCCCC(=O)CNC(=O)C(O)C(O)C(OC1OC(CO)C(O)C(O)C1O)C(O)CO)NC(=O)C1CC[C@@]2(C)C(=CC[C@H]3[C@@H]4CC[C@H]([C@H](C)CCCC(C)C)[C@@]4(C)CC[C@@H]32)C1. The largest absolute Gasteiger partial charge is 0.467 e. The Kier molecular flexibility index (Phi) is 20.2. The van der Waals surface area contributed by atoms with Gasteiger partial charge in [-0.2, -0.15) is 0 Å². The number of aliphatic hydroxyl groups excluding tert-OH is 8. The molecule has 4 fully saturated rings. The van der Waals surface area contributed by atoms with Gasteiger partial charge in [0.2, 0.25) is 5.91 Å². The normalized spacial score (nSPS) is 35.4. The van der Waals surface area contributed by atoms with Crippen LogP contribution < -0.4 is 10.6 Å². The average molecular weight is 953 g/mol. The average Bonchev–Trinajstić information content (AvgIpc) is 3.67. The minimum atomic E-state index is -2.30. The lowest BCUT2D eigenvalue weighted by Gasteiger charge is -2.58. The smallest absolute Gasteiger partial charge is 0.328 e. The molecule has 1 aliphatic heterocycles. The lowest BCUT2D eigenvalue weighted by Crippen LogP contribution is -2.62. The third kappa shape index (κ3) is 12.9. The number of unbranched alkanes of at least 4 members (excludes halogenated alkanes) is 2. The molecule has 4 aliphatic carbocycles. The van der Waals surface area contributed by atoms with Gasteiger partial charge in [0.15, 0.2) is 18.2 Å². The number of amides is 2. The molecule has 17 heteroatoms. The Bertz CT molecular complexity index is 1680. The summed E-state index contributed by atoms with van der Waals surface area (Å²) in [6, 6.07) is -0.838. The van der Waals surface area contributed by atoms with Crippen molar-refractivity contribution < 1.29 is 74.2 Å². The molecule has 0 aromatic rings. The minimum Gasteiger partial charge on any atom is -0.467 e. The number of nitrogens with one attached hydrogen (secondary N) is 2.